The van der Waals surface area contributed by atoms with Gasteiger partial charge in [0.2, 0.25) is 0 Å². The van der Waals surface area contributed by atoms with Crippen molar-refractivity contribution in [3.8, 4) is 0 Å². The number of pyridine rings is 1. The van der Waals surface area contributed by atoms with E-state index in [0.29, 0.717) is 0 Å². The predicted molar refractivity (Wildman–Crippen MR) is 86.4 cm³/mol. The lowest BCUT2D eigenvalue weighted by Crippen LogP contribution is -2.35. The molecule has 0 spiro atoms. The number of rotatable bonds is 4. The number of benzene rings is 1. The van der Waals surface area contributed by atoms with Crippen LogP contribution in [-0.4, -0.2) is 10.5 Å². The van der Waals surface area contributed by atoms with Gasteiger partial charge in [0.15, 0.2) is 0 Å². The predicted octanol–water partition coefficient (Wildman–Crippen LogP) is 4.77. The third-order valence-electron chi connectivity index (χ3n) is 2.64. The summed E-state index contributed by atoms with van der Waals surface area (Å²) in [7, 11) is 0. The average Bonchev–Trinajstić information content (AvgIpc) is 2.37. The zero-order valence-corrected chi connectivity index (χ0v) is 13.6. The largest absolute Gasteiger partial charge is 0.308 e. The van der Waals surface area contributed by atoms with E-state index < -0.39 is 0 Å². The molecule has 0 bridgehead atoms. The van der Waals surface area contributed by atoms with Crippen molar-refractivity contribution in [2.45, 2.75) is 42.8 Å². The van der Waals surface area contributed by atoms with Crippen molar-refractivity contribution < 1.29 is 0 Å². The molecule has 0 fully saturated rings. The lowest BCUT2D eigenvalue weighted by atomic mass is 10.1. The Morgan fingerprint density at radius 2 is 2.00 bits per heavy atom. The van der Waals surface area contributed by atoms with Gasteiger partial charge in [0, 0.05) is 28.2 Å². The number of aromatic nitrogens is 1. The maximum absolute atomic E-state index is 5.98. The summed E-state index contributed by atoms with van der Waals surface area (Å²) in [6, 6.07) is 12.0. The van der Waals surface area contributed by atoms with E-state index in [4.69, 9.17) is 11.6 Å². The van der Waals surface area contributed by atoms with Crippen molar-refractivity contribution in [1.82, 2.24) is 10.3 Å². The SMILES string of the molecule is CC(C)(C)NCc1ccc(Sc2cccc(Cl)c2)nc1. The molecule has 4 heteroatoms. The van der Waals surface area contributed by atoms with Crippen molar-refractivity contribution in [2.75, 3.05) is 0 Å². The molecule has 0 unspecified atom stereocenters. The summed E-state index contributed by atoms with van der Waals surface area (Å²) in [5.41, 5.74) is 1.31. The first-order valence-electron chi connectivity index (χ1n) is 6.56. The van der Waals surface area contributed by atoms with E-state index in [0.717, 1.165) is 21.5 Å². The maximum Gasteiger partial charge on any atom is 0.101 e. The second-order valence-corrected chi connectivity index (χ2v) is 7.20. The fraction of sp³-hybridized carbons (Fsp3) is 0.312. The summed E-state index contributed by atoms with van der Waals surface area (Å²) in [5, 5.41) is 5.18. The van der Waals surface area contributed by atoms with Crippen molar-refractivity contribution in [3.05, 3.63) is 53.2 Å². The minimum Gasteiger partial charge on any atom is -0.308 e. The van der Waals surface area contributed by atoms with Crippen LogP contribution in [0, 0.1) is 0 Å². The van der Waals surface area contributed by atoms with Gasteiger partial charge in [-0.15, -0.1) is 0 Å². The first-order chi connectivity index (χ1) is 9.42. The van der Waals surface area contributed by atoms with Gasteiger partial charge in [-0.1, -0.05) is 35.5 Å². The minimum absolute atomic E-state index is 0.119. The van der Waals surface area contributed by atoms with Gasteiger partial charge in [0.1, 0.15) is 5.03 Å². The van der Waals surface area contributed by atoms with Gasteiger partial charge in [0.05, 0.1) is 0 Å². The number of nitrogens with zero attached hydrogens (tertiary/aromatic N) is 1. The Bertz CT molecular complexity index is 561. The van der Waals surface area contributed by atoms with Crippen LogP contribution in [0.2, 0.25) is 5.02 Å². The van der Waals surface area contributed by atoms with Crippen molar-refractivity contribution >= 4 is 23.4 Å². The van der Waals surface area contributed by atoms with Crippen LogP contribution >= 0.6 is 23.4 Å². The Labute approximate surface area is 130 Å². The third-order valence-corrected chi connectivity index (χ3v) is 3.81. The third kappa shape index (κ3) is 5.16. The van der Waals surface area contributed by atoms with Gasteiger partial charge in [-0.2, -0.15) is 0 Å². The molecule has 0 radical (unpaired) electrons. The second-order valence-electron chi connectivity index (χ2n) is 5.67. The molecule has 106 valence electrons. The number of hydrogen-bond acceptors (Lipinski definition) is 3. The van der Waals surface area contributed by atoms with Crippen LogP contribution in [0.5, 0.6) is 0 Å². The Morgan fingerprint density at radius 1 is 1.20 bits per heavy atom. The normalized spacial score (nSPS) is 11.6. The Morgan fingerprint density at radius 3 is 2.60 bits per heavy atom. The summed E-state index contributed by atoms with van der Waals surface area (Å²) in [5.74, 6) is 0. The number of halogens is 1. The number of hydrogen-bond donors (Lipinski definition) is 1. The highest BCUT2D eigenvalue weighted by atomic mass is 35.5. The quantitative estimate of drug-likeness (QED) is 0.880. The van der Waals surface area contributed by atoms with E-state index in [1.54, 1.807) is 11.8 Å². The van der Waals surface area contributed by atoms with Crippen molar-refractivity contribution in [3.63, 3.8) is 0 Å². The van der Waals surface area contributed by atoms with Gasteiger partial charge < -0.3 is 5.32 Å². The van der Waals surface area contributed by atoms with Gasteiger partial charge >= 0.3 is 0 Å². The monoisotopic (exact) mass is 306 g/mol. The zero-order valence-electron chi connectivity index (χ0n) is 12.0. The molecule has 0 aliphatic rings. The lowest BCUT2D eigenvalue weighted by Gasteiger charge is -2.20. The minimum atomic E-state index is 0.119. The first-order valence-corrected chi connectivity index (χ1v) is 7.75. The summed E-state index contributed by atoms with van der Waals surface area (Å²) in [6.07, 6.45) is 1.92. The second kappa shape index (κ2) is 6.61. The molecule has 0 atom stereocenters. The van der Waals surface area contributed by atoms with Crippen LogP contribution in [0.25, 0.3) is 0 Å². The summed E-state index contributed by atoms with van der Waals surface area (Å²) in [6.45, 7) is 7.30. The molecule has 20 heavy (non-hydrogen) atoms. The topological polar surface area (TPSA) is 24.9 Å². The van der Waals surface area contributed by atoms with Gasteiger partial charge in [-0.05, 0) is 50.6 Å². The summed E-state index contributed by atoms with van der Waals surface area (Å²) in [4.78, 5) is 5.59. The van der Waals surface area contributed by atoms with Crippen LogP contribution in [-0.2, 0) is 6.54 Å². The Balaban J connectivity index is 1.98. The molecule has 1 aromatic carbocycles. The lowest BCUT2D eigenvalue weighted by molar-refractivity contribution is 0.424. The first kappa shape index (κ1) is 15.4. The van der Waals surface area contributed by atoms with Gasteiger partial charge in [0.25, 0.3) is 0 Å². The average molecular weight is 307 g/mol. The van der Waals surface area contributed by atoms with E-state index >= 15 is 0 Å². The van der Waals surface area contributed by atoms with Crippen LogP contribution < -0.4 is 5.32 Å². The number of nitrogens with one attached hydrogen (secondary N) is 1. The fourth-order valence-corrected chi connectivity index (χ4v) is 2.66. The molecule has 0 aliphatic carbocycles. The van der Waals surface area contributed by atoms with E-state index in [9.17, 15) is 0 Å². The van der Waals surface area contributed by atoms with Crippen LogP contribution in [0.3, 0.4) is 0 Å². The van der Waals surface area contributed by atoms with Crippen molar-refractivity contribution in [1.29, 1.82) is 0 Å². The molecular formula is C16H19ClN2S. The summed E-state index contributed by atoms with van der Waals surface area (Å²) < 4.78 is 0. The molecule has 2 rings (SSSR count). The van der Waals surface area contributed by atoms with E-state index in [2.05, 4.69) is 37.1 Å². The van der Waals surface area contributed by atoms with E-state index in [1.807, 2.05) is 36.5 Å². The highest BCUT2D eigenvalue weighted by Crippen LogP contribution is 2.27. The molecule has 1 aromatic heterocycles. The van der Waals surface area contributed by atoms with E-state index in [1.165, 1.54) is 5.56 Å². The standard InChI is InChI=1S/C16H19ClN2S/c1-16(2,3)19-11-12-7-8-15(18-10-12)20-14-6-4-5-13(17)9-14/h4-10,19H,11H2,1-3H3. The van der Waals surface area contributed by atoms with Gasteiger partial charge in [-0.25, -0.2) is 4.98 Å². The Kier molecular flexibility index (Phi) is 5.08. The van der Waals surface area contributed by atoms with Gasteiger partial charge in [-0.3, -0.25) is 0 Å². The van der Waals surface area contributed by atoms with Crippen LogP contribution in [0.4, 0.5) is 0 Å². The molecule has 1 N–H and O–H groups in total. The molecule has 0 saturated carbocycles. The molecule has 0 saturated heterocycles. The Hall–Kier alpha value is -1.03. The molecule has 2 nitrogen and oxygen atoms in total. The fourth-order valence-electron chi connectivity index (χ4n) is 1.59. The van der Waals surface area contributed by atoms with Crippen molar-refractivity contribution in [2.24, 2.45) is 0 Å². The molecule has 2 aromatic rings. The molecule has 1 heterocycles. The molecule has 0 amide bonds. The molecular weight excluding hydrogens is 288 g/mol. The summed E-state index contributed by atoms with van der Waals surface area (Å²) >= 11 is 7.60. The smallest absolute Gasteiger partial charge is 0.101 e. The zero-order chi connectivity index (χ0) is 14.6. The van der Waals surface area contributed by atoms with Crippen LogP contribution in [0.15, 0.2) is 52.5 Å². The highest BCUT2D eigenvalue weighted by Gasteiger charge is 2.08. The highest BCUT2D eigenvalue weighted by molar-refractivity contribution is 7.99. The molecule has 0 aliphatic heterocycles. The van der Waals surface area contributed by atoms with Crippen LogP contribution in [0.1, 0.15) is 26.3 Å². The van der Waals surface area contributed by atoms with E-state index in [-0.39, 0.29) is 5.54 Å². The maximum atomic E-state index is 5.98.